The number of fused-ring (bicyclic) bond motifs is 1. The van der Waals surface area contributed by atoms with Gasteiger partial charge in [0.05, 0.1) is 23.2 Å². The number of carbonyl (C=O) groups is 1. The molecule has 0 saturated heterocycles. The van der Waals surface area contributed by atoms with Crippen molar-refractivity contribution < 1.29 is 9.53 Å². The van der Waals surface area contributed by atoms with Gasteiger partial charge in [0.1, 0.15) is 0 Å². The van der Waals surface area contributed by atoms with E-state index >= 15 is 0 Å². The summed E-state index contributed by atoms with van der Waals surface area (Å²) in [6.07, 6.45) is 0. The van der Waals surface area contributed by atoms with Gasteiger partial charge in [-0.3, -0.25) is 0 Å². The number of aromatic amines is 1. The molecule has 2 rings (SSSR count). The summed E-state index contributed by atoms with van der Waals surface area (Å²) in [6.45, 7) is 1.94. The minimum absolute atomic E-state index is 0.377. The Bertz CT molecular complexity index is 531. The van der Waals surface area contributed by atoms with Gasteiger partial charge in [-0.2, -0.15) is 0 Å². The van der Waals surface area contributed by atoms with Crippen molar-refractivity contribution in [3.8, 4) is 0 Å². The average Bonchev–Trinajstić information content (AvgIpc) is 2.58. The fraction of sp³-hybridized carbons (Fsp3) is 0.182. The highest BCUT2D eigenvalue weighted by atomic mass is 35.5. The molecule has 1 heterocycles. The molecule has 0 aliphatic heterocycles. The molecule has 1 aromatic heterocycles. The minimum atomic E-state index is -0.377. The minimum Gasteiger partial charge on any atom is -0.465 e. The molecule has 0 amide bonds. The molecule has 0 bridgehead atoms. The summed E-state index contributed by atoms with van der Waals surface area (Å²) in [5, 5.41) is 1.45. The third kappa shape index (κ3) is 1.70. The Balaban J connectivity index is 2.66. The number of H-pyrrole nitrogens is 1. The second kappa shape index (κ2) is 3.59. The second-order valence-corrected chi connectivity index (χ2v) is 3.77. The zero-order valence-corrected chi connectivity index (χ0v) is 9.18. The number of esters is 1. The summed E-state index contributed by atoms with van der Waals surface area (Å²) in [7, 11) is 1.35. The summed E-state index contributed by atoms with van der Waals surface area (Å²) in [6, 6.07) is 5.30. The molecule has 4 heteroatoms. The first-order chi connectivity index (χ1) is 7.11. The lowest BCUT2D eigenvalue weighted by atomic mass is 10.1. The van der Waals surface area contributed by atoms with Crippen LogP contribution in [0.1, 0.15) is 16.1 Å². The molecular weight excluding hydrogens is 214 g/mol. The number of hydrogen-bond donors (Lipinski definition) is 1. The molecule has 2 aromatic rings. The number of nitrogens with one attached hydrogen (secondary N) is 1. The number of halogens is 1. The SMILES string of the molecule is COC(=O)c1cc(Cl)c2[nH]c(C)cc2c1. The van der Waals surface area contributed by atoms with Crippen molar-refractivity contribution in [3.63, 3.8) is 0 Å². The number of ether oxygens (including phenoxy) is 1. The van der Waals surface area contributed by atoms with Crippen LogP contribution >= 0.6 is 11.6 Å². The van der Waals surface area contributed by atoms with Gasteiger partial charge in [-0.15, -0.1) is 0 Å². The highest BCUT2D eigenvalue weighted by Gasteiger charge is 2.10. The first kappa shape index (κ1) is 10.1. The number of benzene rings is 1. The van der Waals surface area contributed by atoms with Crippen LogP contribution in [-0.4, -0.2) is 18.1 Å². The number of aromatic nitrogens is 1. The van der Waals surface area contributed by atoms with Gasteiger partial charge < -0.3 is 9.72 Å². The molecule has 0 saturated carbocycles. The molecular formula is C11H10ClNO2. The summed E-state index contributed by atoms with van der Waals surface area (Å²) in [5.74, 6) is -0.377. The Morgan fingerprint density at radius 1 is 1.40 bits per heavy atom. The quantitative estimate of drug-likeness (QED) is 0.756. The molecule has 0 aliphatic rings. The maximum Gasteiger partial charge on any atom is 0.337 e. The van der Waals surface area contributed by atoms with Crippen LogP contribution in [0, 0.1) is 6.92 Å². The van der Waals surface area contributed by atoms with Gasteiger partial charge in [0, 0.05) is 11.1 Å². The van der Waals surface area contributed by atoms with Crippen LogP contribution < -0.4 is 0 Å². The van der Waals surface area contributed by atoms with Gasteiger partial charge in [0.15, 0.2) is 0 Å². The van der Waals surface area contributed by atoms with Crippen molar-refractivity contribution in [2.24, 2.45) is 0 Å². The highest BCUT2D eigenvalue weighted by molar-refractivity contribution is 6.35. The molecule has 3 nitrogen and oxygen atoms in total. The molecule has 1 aromatic carbocycles. The molecule has 0 aliphatic carbocycles. The molecule has 0 unspecified atom stereocenters. The van der Waals surface area contributed by atoms with Crippen molar-refractivity contribution in [1.82, 2.24) is 4.98 Å². The zero-order chi connectivity index (χ0) is 11.0. The van der Waals surface area contributed by atoms with Crippen LogP contribution in [0.15, 0.2) is 18.2 Å². The van der Waals surface area contributed by atoms with Gasteiger partial charge >= 0.3 is 5.97 Å². The Kier molecular flexibility index (Phi) is 2.40. The van der Waals surface area contributed by atoms with E-state index in [0.717, 1.165) is 16.6 Å². The van der Waals surface area contributed by atoms with Gasteiger partial charge in [-0.25, -0.2) is 4.79 Å². The average molecular weight is 224 g/mol. The smallest absolute Gasteiger partial charge is 0.337 e. The van der Waals surface area contributed by atoms with Gasteiger partial charge in [0.2, 0.25) is 0 Å². The van der Waals surface area contributed by atoms with Crippen LogP contribution in [0.25, 0.3) is 10.9 Å². The summed E-state index contributed by atoms with van der Waals surface area (Å²) < 4.78 is 4.64. The van der Waals surface area contributed by atoms with Crippen LogP contribution in [0.2, 0.25) is 5.02 Å². The van der Waals surface area contributed by atoms with Gasteiger partial charge in [-0.05, 0) is 25.1 Å². The fourth-order valence-corrected chi connectivity index (χ4v) is 1.85. The second-order valence-electron chi connectivity index (χ2n) is 3.37. The van der Waals surface area contributed by atoms with E-state index in [1.807, 2.05) is 13.0 Å². The van der Waals surface area contributed by atoms with Crippen molar-refractivity contribution >= 4 is 28.5 Å². The van der Waals surface area contributed by atoms with E-state index in [0.29, 0.717) is 10.6 Å². The van der Waals surface area contributed by atoms with E-state index in [4.69, 9.17) is 11.6 Å². The van der Waals surface area contributed by atoms with Gasteiger partial charge in [0.25, 0.3) is 0 Å². The first-order valence-corrected chi connectivity index (χ1v) is 4.87. The topological polar surface area (TPSA) is 42.1 Å². The van der Waals surface area contributed by atoms with E-state index in [1.165, 1.54) is 7.11 Å². The number of hydrogen-bond acceptors (Lipinski definition) is 2. The van der Waals surface area contributed by atoms with E-state index in [1.54, 1.807) is 12.1 Å². The van der Waals surface area contributed by atoms with Crippen LogP contribution in [0.3, 0.4) is 0 Å². The largest absolute Gasteiger partial charge is 0.465 e. The first-order valence-electron chi connectivity index (χ1n) is 4.49. The Hall–Kier alpha value is -1.48. The number of methoxy groups -OCH3 is 1. The predicted octanol–water partition coefficient (Wildman–Crippen LogP) is 2.92. The predicted molar refractivity (Wildman–Crippen MR) is 59.4 cm³/mol. The summed E-state index contributed by atoms with van der Waals surface area (Å²) in [5.41, 5.74) is 2.32. The molecule has 15 heavy (non-hydrogen) atoms. The Morgan fingerprint density at radius 3 is 2.80 bits per heavy atom. The highest BCUT2D eigenvalue weighted by Crippen LogP contribution is 2.25. The summed E-state index contributed by atoms with van der Waals surface area (Å²) in [4.78, 5) is 14.5. The molecule has 1 N–H and O–H groups in total. The lowest BCUT2D eigenvalue weighted by molar-refractivity contribution is 0.0601. The lowest BCUT2D eigenvalue weighted by Gasteiger charge is -2.00. The Labute approximate surface area is 92.0 Å². The van der Waals surface area contributed by atoms with Crippen molar-refractivity contribution in [2.75, 3.05) is 7.11 Å². The van der Waals surface area contributed by atoms with E-state index < -0.39 is 0 Å². The number of aryl methyl sites for hydroxylation is 1. The molecule has 0 fully saturated rings. The zero-order valence-electron chi connectivity index (χ0n) is 8.43. The van der Waals surface area contributed by atoms with Crippen molar-refractivity contribution in [1.29, 1.82) is 0 Å². The fourth-order valence-electron chi connectivity index (χ4n) is 1.58. The molecule has 0 radical (unpaired) electrons. The monoisotopic (exact) mass is 223 g/mol. The molecule has 0 spiro atoms. The molecule has 78 valence electrons. The number of carbonyl (C=O) groups excluding carboxylic acids is 1. The Morgan fingerprint density at radius 2 is 2.13 bits per heavy atom. The van der Waals surface area contributed by atoms with E-state index in [2.05, 4.69) is 9.72 Å². The van der Waals surface area contributed by atoms with Crippen molar-refractivity contribution in [3.05, 3.63) is 34.5 Å². The van der Waals surface area contributed by atoms with Gasteiger partial charge in [-0.1, -0.05) is 11.6 Å². The van der Waals surface area contributed by atoms with Crippen LogP contribution in [-0.2, 0) is 4.74 Å². The van der Waals surface area contributed by atoms with Crippen LogP contribution in [0.5, 0.6) is 0 Å². The van der Waals surface area contributed by atoms with Crippen molar-refractivity contribution in [2.45, 2.75) is 6.92 Å². The normalized spacial score (nSPS) is 10.6. The summed E-state index contributed by atoms with van der Waals surface area (Å²) >= 11 is 6.04. The maximum absolute atomic E-state index is 11.3. The standard InChI is InChI=1S/C11H10ClNO2/c1-6-3-7-4-8(11(14)15-2)5-9(12)10(7)13-6/h3-5,13H,1-2H3. The van der Waals surface area contributed by atoms with Crippen LogP contribution in [0.4, 0.5) is 0 Å². The van der Waals surface area contributed by atoms with E-state index in [9.17, 15) is 4.79 Å². The lowest BCUT2D eigenvalue weighted by Crippen LogP contribution is -2.00. The van der Waals surface area contributed by atoms with E-state index in [-0.39, 0.29) is 5.97 Å². The third-order valence-corrected chi connectivity index (χ3v) is 2.53. The molecule has 0 atom stereocenters. The number of rotatable bonds is 1. The third-order valence-electron chi connectivity index (χ3n) is 2.24. The maximum atomic E-state index is 11.3.